The van der Waals surface area contributed by atoms with Gasteiger partial charge in [-0.15, -0.1) is 0 Å². The molecule has 1 aromatic rings. The number of halogens is 1. The first-order chi connectivity index (χ1) is 6.63. The van der Waals surface area contributed by atoms with Gasteiger partial charge in [0.25, 0.3) is 0 Å². The lowest BCUT2D eigenvalue weighted by Gasteiger charge is -2.01. The van der Waals surface area contributed by atoms with Crippen LogP contribution in [0, 0.1) is 11.3 Å². The molecule has 0 fully saturated rings. The summed E-state index contributed by atoms with van der Waals surface area (Å²) in [6.45, 7) is 1.73. The van der Waals surface area contributed by atoms with E-state index in [2.05, 4.69) is 22.0 Å². The highest BCUT2D eigenvalue weighted by Gasteiger charge is 2.01. The molecule has 0 radical (unpaired) electrons. The third-order valence-corrected chi connectivity index (χ3v) is 3.15. The van der Waals surface area contributed by atoms with E-state index in [9.17, 15) is 0 Å². The maximum atomic E-state index is 8.79. The van der Waals surface area contributed by atoms with Crippen molar-refractivity contribution in [3.8, 4) is 6.07 Å². The average molecular weight is 269 g/mol. The Bertz CT molecular complexity index is 386. The number of benzene rings is 1. The Morgan fingerprint density at radius 3 is 2.43 bits per heavy atom. The number of nitrogens with zero attached hydrogens (tertiary/aromatic N) is 1. The van der Waals surface area contributed by atoms with E-state index < -0.39 is 0 Å². The van der Waals surface area contributed by atoms with Crippen LogP contribution in [0.5, 0.6) is 0 Å². The first kappa shape index (κ1) is 11.2. The molecule has 0 bridgehead atoms. The summed E-state index contributed by atoms with van der Waals surface area (Å²) >= 11 is 4.72. The Hall–Kier alpha value is -0.920. The van der Waals surface area contributed by atoms with Gasteiger partial charge in [-0.1, -0.05) is 27.7 Å². The van der Waals surface area contributed by atoms with E-state index in [1.165, 1.54) is 11.8 Å². The van der Waals surface area contributed by atoms with E-state index in [-0.39, 0.29) is 0 Å². The summed E-state index contributed by atoms with van der Waals surface area (Å²) in [5.41, 5.74) is 6.11. The number of rotatable bonds is 2. The summed E-state index contributed by atoms with van der Waals surface area (Å²) < 4.78 is 1.02. The number of hydrogen-bond donors (Lipinski definition) is 1. The minimum absolute atomic E-state index is 0.548. The monoisotopic (exact) mass is 268 g/mol. The second-order valence-electron chi connectivity index (χ2n) is 2.68. The number of hydrogen-bond acceptors (Lipinski definition) is 3. The Balaban J connectivity index is 2.85. The van der Waals surface area contributed by atoms with Gasteiger partial charge < -0.3 is 5.73 Å². The molecule has 0 saturated heterocycles. The number of nitrogens with two attached hydrogens (primary N) is 1. The molecule has 0 unspecified atom stereocenters. The van der Waals surface area contributed by atoms with Gasteiger partial charge in [-0.05, 0) is 31.2 Å². The Morgan fingerprint density at radius 1 is 1.43 bits per heavy atom. The van der Waals surface area contributed by atoms with Crippen LogP contribution >= 0.6 is 27.7 Å². The van der Waals surface area contributed by atoms with E-state index in [1.807, 2.05) is 24.3 Å². The lowest BCUT2D eigenvalue weighted by Crippen LogP contribution is -1.93. The maximum Gasteiger partial charge on any atom is 0.108 e. The normalized spacial score (nSPS) is 11.8. The van der Waals surface area contributed by atoms with Gasteiger partial charge in [0.1, 0.15) is 11.0 Å². The van der Waals surface area contributed by atoms with Crippen LogP contribution in [0.2, 0.25) is 0 Å². The highest BCUT2D eigenvalue weighted by atomic mass is 79.9. The molecule has 0 heterocycles. The molecule has 4 heteroatoms. The zero-order valence-electron chi connectivity index (χ0n) is 7.62. The van der Waals surface area contributed by atoms with E-state index in [4.69, 9.17) is 11.0 Å². The number of allylic oxidation sites excluding steroid dienone is 2. The summed E-state index contributed by atoms with van der Waals surface area (Å²) in [4.78, 5) is 1.56. The third kappa shape index (κ3) is 3.09. The minimum atomic E-state index is 0.548. The van der Waals surface area contributed by atoms with Crippen LogP contribution in [-0.2, 0) is 0 Å². The summed E-state index contributed by atoms with van der Waals surface area (Å²) in [5.74, 6) is 0. The molecule has 2 nitrogen and oxygen atoms in total. The smallest absolute Gasteiger partial charge is 0.108 e. The van der Waals surface area contributed by atoms with Crippen LogP contribution in [0.4, 0.5) is 0 Å². The Kier molecular flexibility index (Phi) is 4.05. The van der Waals surface area contributed by atoms with Crippen molar-refractivity contribution in [2.75, 3.05) is 0 Å². The highest BCUT2D eigenvalue weighted by molar-refractivity contribution is 9.10. The van der Waals surface area contributed by atoms with Crippen molar-refractivity contribution in [2.24, 2.45) is 5.73 Å². The van der Waals surface area contributed by atoms with Crippen molar-refractivity contribution >= 4 is 27.7 Å². The fourth-order valence-corrected chi connectivity index (χ4v) is 1.79. The molecule has 0 spiro atoms. The van der Waals surface area contributed by atoms with Crippen LogP contribution in [-0.4, -0.2) is 0 Å². The molecule has 0 saturated carbocycles. The fraction of sp³-hybridized carbons (Fsp3) is 0.100. The van der Waals surface area contributed by atoms with Crippen molar-refractivity contribution in [3.63, 3.8) is 0 Å². The Morgan fingerprint density at radius 2 is 2.00 bits per heavy atom. The zero-order valence-corrected chi connectivity index (χ0v) is 10.0. The molecule has 0 aliphatic heterocycles. The van der Waals surface area contributed by atoms with Gasteiger partial charge in [-0.3, -0.25) is 0 Å². The second-order valence-corrected chi connectivity index (χ2v) is 4.68. The van der Waals surface area contributed by atoms with Gasteiger partial charge >= 0.3 is 0 Å². The maximum absolute atomic E-state index is 8.79. The predicted molar refractivity (Wildman–Crippen MR) is 62.5 cm³/mol. The molecular formula is C10H9BrN2S. The average Bonchev–Trinajstić information content (AvgIpc) is 2.16. The highest BCUT2D eigenvalue weighted by Crippen LogP contribution is 2.28. The molecule has 0 aliphatic rings. The lowest BCUT2D eigenvalue weighted by atomic mass is 10.4. The van der Waals surface area contributed by atoms with E-state index >= 15 is 0 Å². The van der Waals surface area contributed by atoms with Crippen molar-refractivity contribution < 1.29 is 0 Å². The van der Waals surface area contributed by atoms with Crippen molar-refractivity contribution in [2.45, 2.75) is 11.8 Å². The fourth-order valence-electron chi connectivity index (χ4n) is 0.812. The largest absolute Gasteiger partial charge is 0.401 e. The van der Waals surface area contributed by atoms with Gasteiger partial charge in [0, 0.05) is 15.1 Å². The predicted octanol–water partition coefficient (Wildman–Crippen LogP) is 3.25. The number of thioether (sulfide) groups is 1. The van der Waals surface area contributed by atoms with Crippen LogP contribution in [0.1, 0.15) is 6.92 Å². The Labute approximate surface area is 95.9 Å². The van der Waals surface area contributed by atoms with E-state index in [0.717, 1.165) is 9.37 Å². The first-order valence-electron chi connectivity index (χ1n) is 3.93. The molecule has 0 aromatic heterocycles. The van der Waals surface area contributed by atoms with Gasteiger partial charge in [0.15, 0.2) is 0 Å². The molecule has 0 amide bonds. The molecule has 0 atom stereocenters. The molecule has 1 rings (SSSR count). The minimum Gasteiger partial charge on any atom is -0.401 e. The van der Waals surface area contributed by atoms with Crippen LogP contribution < -0.4 is 5.73 Å². The molecule has 1 aromatic carbocycles. The summed E-state index contributed by atoms with van der Waals surface area (Å²) in [6.07, 6.45) is 0. The van der Waals surface area contributed by atoms with Gasteiger partial charge in [0.05, 0.1) is 0 Å². The standard InChI is InChI=1S/C10H9BrN2S/c1-7(13)10(6-12)14-9-4-2-8(11)3-5-9/h2-5H,13H2,1H3/b10-7-. The topological polar surface area (TPSA) is 49.8 Å². The first-order valence-corrected chi connectivity index (χ1v) is 5.54. The van der Waals surface area contributed by atoms with Crippen LogP contribution in [0.25, 0.3) is 0 Å². The van der Waals surface area contributed by atoms with Gasteiger partial charge in [-0.25, -0.2) is 0 Å². The lowest BCUT2D eigenvalue weighted by molar-refractivity contribution is 1.30. The van der Waals surface area contributed by atoms with Crippen molar-refractivity contribution in [1.82, 2.24) is 0 Å². The summed E-state index contributed by atoms with van der Waals surface area (Å²) in [6, 6.07) is 9.82. The zero-order chi connectivity index (χ0) is 10.6. The molecular weight excluding hydrogens is 260 g/mol. The van der Waals surface area contributed by atoms with Crippen molar-refractivity contribution in [1.29, 1.82) is 5.26 Å². The second kappa shape index (κ2) is 5.08. The molecule has 0 aliphatic carbocycles. The van der Waals surface area contributed by atoms with Gasteiger partial charge in [-0.2, -0.15) is 5.26 Å². The molecule has 72 valence electrons. The molecule has 2 N–H and O–H groups in total. The molecule has 14 heavy (non-hydrogen) atoms. The van der Waals surface area contributed by atoms with Gasteiger partial charge in [0.2, 0.25) is 0 Å². The van der Waals surface area contributed by atoms with Crippen LogP contribution in [0.3, 0.4) is 0 Å². The number of nitriles is 1. The quantitative estimate of drug-likeness (QED) is 0.662. The SMILES string of the molecule is C/C(N)=C(\C#N)Sc1ccc(Br)cc1. The van der Waals surface area contributed by atoms with E-state index in [1.54, 1.807) is 6.92 Å². The summed E-state index contributed by atoms with van der Waals surface area (Å²) in [7, 11) is 0. The van der Waals surface area contributed by atoms with E-state index in [0.29, 0.717) is 10.6 Å². The summed E-state index contributed by atoms with van der Waals surface area (Å²) in [5, 5.41) is 8.79. The van der Waals surface area contributed by atoms with Crippen molar-refractivity contribution in [3.05, 3.63) is 39.3 Å². The van der Waals surface area contributed by atoms with Crippen LogP contribution in [0.15, 0.2) is 44.2 Å². The third-order valence-electron chi connectivity index (χ3n) is 1.49.